The highest BCUT2D eigenvalue weighted by atomic mass is 16.5. The standard InChI is InChI=1S/C13H19NO3/c1-13(2,8-15)11(14)9-4-6-10(7-5-9)12(16)17-3/h4-7,11,15H,8,14H2,1-3H3/t11-/m0/s1. The fourth-order valence-electron chi connectivity index (χ4n) is 1.49. The molecule has 4 nitrogen and oxygen atoms in total. The fraction of sp³-hybridized carbons (Fsp3) is 0.462. The smallest absolute Gasteiger partial charge is 0.337 e. The molecule has 0 aliphatic heterocycles. The zero-order valence-electron chi connectivity index (χ0n) is 10.4. The first-order chi connectivity index (χ1) is 7.92. The van der Waals surface area contributed by atoms with Gasteiger partial charge in [0.15, 0.2) is 0 Å². The number of benzene rings is 1. The fourth-order valence-corrected chi connectivity index (χ4v) is 1.49. The molecule has 94 valence electrons. The highest BCUT2D eigenvalue weighted by Gasteiger charge is 2.26. The van der Waals surface area contributed by atoms with Crippen LogP contribution in [0.2, 0.25) is 0 Å². The second-order valence-electron chi connectivity index (χ2n) is 4.74. The third kappa shape index (κ3) is 3.05. The van der Waals surface area contributed by atoms with Crippen LogP contribution in [0.15, 0.2) is 24.3 Å². The third-order valence-corrected chi connectivity index (χ3v) is 2.94. The second-order valence-corrected chi connectivity index (χ2v) is 4.74. The Bertz CT molecular complexity index is 384. The van der Waals surface area contributed by atoms with Crippen LogP contribution in [0, 0.1) is 5.41 Å². The number of ether oxygens (including phenoxy) is 1. The predicted molar refractivity (Wildman–Crippen MR) is 65.6 cm³/mol. The number of esters is 1. The Balaban J connectivity index is 2.91. The van der Waals surface area contributed by atoms with E-state index < -0.39 is 5.41 Å². The summed E-state index contributed by atoms with van der Waals surface area (Å²) in [7, 11) is 1.34. The highest BCUT2D eigenvalue weighted by Crippen LogP contribution is 2.30. The van der Waals surface area contributed by atoms with Gasteiger partial charge >= 0.3 is 5.97 Å². The van der Waals surface area contributed by atoms with Crippen molar-refractivity contribution < 1.29 is 14.6 Å². The van der Waals surface area contributed by atoms with Crippen molar-refractivity contribution >= 4 is 5.97 Å². The van der Waals surface area contributed by atoms with Crippen LogP contribution in [0.3, 0.4) is 0 Å². The molecule has 0 aliphatic rings. The second kappa shape index (κ2) is 5.29. The molecule has 0 fully saturated rings. The van der Waals surface area contributed by atoms with E-state index >= 15 is 0 Å². The lowest BCUT2D eigenvalue weighted by Gasteiger charge is -2.29. The number of carbonyl (C=O) groups is 1. The summed E-state index contributed by atoms with van der Waals surface area (Å²) in [5.74, 6) is -0.369. The zero-order valence-corrected chi connectivity index (χ0v) is 10.4. The van der Waals surface area contributed by atoms with Crippen molar-refractivity contribution in [1.82, 2.24) is 0 Å². The van der Waals surface area contributed by atoms with Crippen molar-refractivity contribution in [2.75, 3.05) is 13.7 Å². The first-order valence-corrected chi connectivity index (χ1v) is 5.47. The van der Waals surface area contributed by atoms with Gasteiger partial charge in [-0.25, -0.2) is 4.79 Å². The van der Waals surface area contributed by atoms with Gasteiger partial charge in [-0.3, -0.25) is 0 Å². The van der Waals surface area contributed by atoms with E-state index in [-0.39, 0.29) is 18.6 Å². The average molecular weight is 237 g/mol. The summed E-state index contributed by atoms with van der Waals surface area (Å²) in [6.07, 6.45) is 0. The van der Waals surface area contributed by atoms with Crippen molar-refractivity contribution in [3.05, 3.63) is 35.4 Å². The van der Waals surface area contributed by atoms with Gasteiger partial charge in [0.1, 0.15) is 0 Å². The van der Waals surface area contributed by atoms with Gasteiger partial charge in [-0.2, -0.15) is 0 Å². The summed E-state index contributed by atoms with van der Waals surface area (Å²) in [5.41, 5.74) is 7.05. The van der Waals surface area contributed by atoms with Crippen LogP contribution in [-0.2, 0) is 4.74 Å². The van der Waals surface area contributed by atoms with Crippen LogP contribution < -0.4 is 5.73 Å². The van der Waals surface area contributed by atoms with Gasteiger partial charge in [0.2, 0.25) is 0 Å². The van der Waals surface area contributed by atoms with E-state index in [4.69, 9.17) is 5.73 Å². The number of rotatable bonds is 4. The molecular formula is C13H19NO3. The molecule has 1 aromatic carbocycles. The van der Waals surface area contributed by atoms with Gasteiger partial charge in [-0.1, -0.05) is 26.0 Å². The van der Waals surface area contributed by atoms with Crippen molar-refractivity contribution in [2.24, 2.45) is 11.1 Å². The number of aliphatic hydroxyl groups excluding tert-OH is 1. The lowest BCUT2D eigenvalue weighted by molar-refractivity contribution is 0.0600. The molecule has 0 saturated heterocycles. The number of carbonyl (C=O) groups excluding carboxylic acids is 1. The molecule has 0 heterocycles. The Morgan fingerprint density at radius 1 is 1.41 bits per heavy atom. The monoisotopic (exact) mass is 237 g/mol. The molecule has 0 unspecified atom stereocenters. The quantitative estimate of drug-likeness (QED) is 0.778. The first kappa shape index (κ1) is 13.7. The molecule has 0 radical (unpaired) electrons. The lowest BCUT2D eigenvalue weighted by atomic mass is 9.82. The summed E-state index contributed by atoms with van der Waals surface area (Å²) in [6.45, 7) is 3.80. The lowest BCUT2D eigenvalue weighted by Crippen LogP contribution is -2.32. The van der Waals surface area contributed by atoms with Crippen LogP contribution in [0.1, 0.15) is 35.8 Å². The molecule has 1 atom stereocenters. The topological polar surface area (TPSA) is 72.5 Å². The Labute approximate surface area is 101 Å². The maximum Gasteiger partial charge on any atom is 0.337 e. The van der Waals surface area contributed by atoms with Gasteiger partial charge in [-0.15, -0.1) is 0 Å². The predicted octanol–water partition coefficient (Wildman–Crippen LogP) is 1.49. The molecule has 0 amide bonds. The Hall–Kier alpha value is -1.39. The molecule has 0 aromatic heterocycles. The molecule has 1 aromatic rings. The van der Waals surface area contributed by atoms with Crippen molar-refractivity contribution in [2.45, 2.75) is 19.9 Å². The molecule has 0 spiro atoms. The molecule has 17 heavy (non-hydrogen) atoms. The minimum Gasteiger partial charge on any atom is -0.465 e. The van der Waals surface area contributed by atoms with Gasteiger partial charge in [0.05, 0.1) is 12.7 Å². The van der Waals surface area contributed by atoms with Crippen LogP contribution in [0.5, 0.6) is 0 Å². The average Bonchev–Trinajstić information content (AvgIpc) is 2.37. The number of aliphatic hydroxyl groups is 1. The molecule has 0 saturated carbocycles. The molecule has 4 heteroatoms. The summed E-state index contributed by atoms with van der Waals surface area (Å²) in [4.78, 5) is 11.3. The SMILES string of the molecule is COC(=O)c1ccc([C@H](N)C(C)(C)CO)cc1. The molecule has 0 bridgehead atoms. The molecular weight excluding hydrogens is 218 g/mol. The van der Waals surface area contributed by atoms with Crippen LogP contribution in [0.25, 0.3) is 0 Å². The van der Waals surface area contributed by atoms with Crippen molar-refractivity contribution in [3.8, 4) is 0 Å². The maximum atomic E-state index is 11.3. The van der Waals surface area contributed by atoms with E-state index in [1.54, 1.807) is 24.3 Å². The minimum absolute atomic E-state index is 0.00686. The van der Waals surface area contributed by atoms with Gasteiger partial charge < -0.3 is 15.6 Å². The summed E-state index contributed by atoms with van der Waals surface area (Å²) in [5, 5.41) is 9.25. The molecule has 3 N–H and O–H groups in total. The zero-order chi connectivity index (χ0) is 13.1. The van der Waals surface area contributed by atoms with E-state index in [0.717, 1.165) is 5.56 Å². The Morgan fingerprint density at radius 2 is 1.94 bits per heavy atom. The maximum absolute atomic E-state index is 11.3. The summed E-state index contributed by atoms with van der Waals surface area (Å²) in [6, 6.07) is 6.64. The van der Waals surface area contributed by atoms with Crippen molar-refractivity contribution in [1.29, 1.82) is 0 Å². The van der Waals surface area contributed by atoms with Crippen LogP contribution in [0.4, 0.5) is 0 Å². The van der Waals surface area contributed by atoms with Crippen molar-refractivity contribution in [3.63, 3.8) is 0 Å². The number of hydrogen-bond donors (Lipinski definition) is 2. The van der Waals surface area contributed by atoms with Gasteiger partial charge in [0.25, 0.3) is 0 Å². The van der Waals surface area contributed by atoms with E-state index in [1.165, 1.54) is 7.11 Å². The van der Waals surface area contributed by atoms with Gasteiger partial charge in [-0.05, 0) is 17.7 Å². The largest absolute Gasteiger partial charge is 0.465 e. The minimum atomic E-state index is -0.396. The molecule has 1 rings (SSSR count). The van der Waals surface area contributed by atoms with E-state index in [1.807, 2.05) is 13.8 Å². The Morgan fingerprint density at radius 3 is 2.35 bits per heavy atom. The number of methoxy groups -OCH3 is 1. The van der Waals surface area contributed by atoms with Gasteiger partial charge in [0, 0.05) is 18.1 Å². The third-order valence-electron chi connectivity index (χ3n) is 2.94. The van der Waals surface area contributed by atoms with Crippen LogP contribution in [-0.4, -0.2) is 24.8 Å². The first-order valence-electron chi connectivity index (χ1n) is 5.47. The summed E-state index contributed by atoms with van der Waals surface area (Å²) >= 11 is 0. The number of nitrogens with two attached hydrogens (primary N) is 1. The molecule has 0 aliphatic carbocycles. The van der Waals surface area contributed by atoms with E-state index in [9.17, 15) is 9.90 Å². The highest BCUT2D eigenvalue weighted by molar-refractivity contribution is 5.89. The van der Waals surface area contributed by atoms with E-state index in [2.05, 4.69) is 4.74 Å². The number of hydrogen-bond acceptors (Lipinski definition) is 4. The van der Waals surface area contributed by atoms with E-state index in [0.29, 0.717) is 5.56 Å². The van der Waals surface area contributed by atoms with Crippen LogP contribution >= 0.6 is 0 Å². The Kier molecular flexibility index (Phi) is 4.26. The normalized spacial score (nSPS) is 13.2. The summed E-state index contributed by atoms with van der Waals surface area (Å²) < 4.78 is 4.61.